The van der Waals surface area contributed by atoms with Gasteiger partial charge in [0.2, 0.25) is 0 Å². The molecule has 1 aliphatic heterocycles. The lowest BCUT2D eigenvalue weighted by atomic mass is 10.0. The van der Waals surface area contributed by atoms with E-state index in [1.54, 1.807) is 0 Å². The van der Waals surface area contributed by atoms with Gasteiger partial charge in [0.1, 0.15) is 6.10 Å². The van der Waals surface area contributed by atoms with Gasteiger partial charge in [-0.1, -0.05) is 56.2 Å². The predicted molar refractivity (Wildman–Crippen MR) is 89.7 cm³/mol. The monoisotopic (exact) mass is 304 g/mol. The van der Waals surface area contributed by atoms with Gasteiger partial charge in [-0.05, 0) is 30.9 Å². The molecule has 0 amide bonds. The van der Waals surface area contributed by atoms with Crippen LogP contribution in [0.1, 0.15) is 45.1 Å². The molecule has 0 bridgehead atoms. The second kappa shape index (κ2) is 9.78. The van der Waals surface area contributed by atoms with E-state index in [2.05, 4.69) is 37.3 Å². The van der Waals surface area contributed by atoms with Crippen LogP contribution in [0.3, 0.4) is 0 Å². The standard InChI is InChI=1S/C19H28O3/c1-3-5-7-12-17(13-16-10-8-6-9-11-16)19-21-15-18(22-19)14-20-4-2/h6,8-11,13,18-19H,3-5,7,12,14-15H2,1-2H3. The summed E-state index contributed by atoms with van der Waals surface area (Å²) in [5.41, 5.74) is 2.44. The molecule has 122 valence electrons. The molecule has 3 heteroatoms. The molecule has 1 fully saturated rings. The summed E-state index contributed by atoms with van der Waals surface area (Å²) in [7, 11) is 0. The lowest BCUT2D eigenvalue weighted by molar-refractivity contribution is -0.0470. The number of hydrogen-bond acceptors (Lipinski definition) is 3. The Morgan fingerprint density at radius 2 is 2.05 bits per heavy atom. The molecule has 22 heavy (non-hydrogen) atoms. The Kier molecular flexibility index (Phi) is 7.64. The molecule has 0 aromatic heterocycles. The van der Waals surface area contributed by atoms with Crippen molar-refractivity contribution in [3.05, 3.63) is 41.5 Å². The van der Waals surface area contributed by atoms with E-state index in [1.807, 2.05) is 13.0 Å². The lowest BCUT2D eigenvalue weighted by Crippen LogP contribution is -2.19. The maximum atomic E-state index is 6.01. The highest BCUT2D eigenvalue weighted by atomic mass is 16.7. The largest absolute Gasteiger partial charge is 0.379 e. The SMILES string of the molecule is CCCCCC(=Cc1ccccc1)C1OCC(COCC)O1. The third kappa shape index (κ3) is 5.56. The molecule has 1 aliphatic rings. The molecule has 0 spiro atoms. The Labute approximate surface area is 134 Å². The molecule has 3 nitrogen and oxygen atoms in total. The van der Waals surface area contributed by atoms with Crippen LogP contribution in [0.25, 0.3) is 6.08 Å². The third-order valence-electron chi connectivity index (χ3n) is 3.78. The molecule has 2 unspecified atom stereocenters. The van der Waals surface area contributed by atoms with Crippen LogP contribution in [-0.2, 0) is 14.2 Å². The quantitative estimate of drug-likeness (QED) is 0.632. The van der Waals surface area contributed by atoms with Crippen LogP contribution in [0.15, 0.2) is 35.9 Å². The second-order valence-electron chi connectivity index (χ2n) is 5.67. The highest BCUT2D eigenvalue weighted by Gasteiger charge is 2.28. The normalized spacial score (nSPS) is 22.2. The summed E-state index contributed by atoms with van der Waals surface area (Å²) in [6, 6.07) is 10.4. The summed E-state index contributed by atoms with van der Waals surface area (Å²) >= 11 is 0. The van der Waals surface area contributed by atoms with E-state index in [4.69, 9.17) is 14.2 Å². The third-order valence-corrected chi connectivity index (χ3v) is 3.78. The number of unbranched alkanes of at least 4 members (excludes halogenated alkanes) is 2. The molecule has 1 aromatic rings. The van der Waals surface area contributed by atoms with Gasteiger partial charge in [0.25, 0.3) is 0 Å². The van der Waals surface area contributed by atoms with Crippen molar-refractivity contribution in [3.8, 4) is 0 Å². The van der Waals surface area contributed by atoms with Gasteiger partial charge in [-0.3, -0.25) is 0 Å². The van der Waals surface area contributed by atoms with Crippen molar-refractivity contribution in [2.24, 2.45) is 0 Å². The summed E-state index contributed by atoms with van der Waals surface area (Å²) in [5, 5.41) is 0. The van der Waals surface area contributed by atoms with Crippen LogP contribution in [0, 0.1) is 0 Å². The van der Waals surface area contributed by atoms with Crippen LogP contribution in [0.5, 0.6) is 0 Å². The second-order valence-corrected chi connectivity index (χ2v) is 5.67. The highest BCUT2D eigenvalue weighted by molar-refractivity contribution is 5.53. The smallest absolute Gasteiger partial charge is 0.180 e. The Morgan fingerprint density at radius 3 is 2.77 bits per heavy atom. The summed E-state index contributed by atoms with van der Waals surface area (Å²) in [4.78, 5) is 0. The first-order chi connectivity index (χ1) is 10.8. The van der Waals surface area contributed by atoms with Crippen LogP contribution in [-0.4, -0.2) is 32.2 Å². The molecule has 2 atom stereocenters. The first-order valence-corrected chi connectivity index (χ1v) is 8.43. The average Bonchev–Trinajstić information content (AvgIpc) is 3.02. The first-order valence-electron chi connectivity index (χ1n) is 8.43. The Morgan fingerprint density at radius 1 is 1.23 bits per heavy atom. The molecular weight excluding hydrogens is 276 g/mol. The van der Waals surface area contributed by atoms with Crippen LogP contribution < -0.4 is 0 Å². The fourth-order valence-corrected chi connectivity index (χ4v) is 2.58. The van der Waals surface area contributed by atoms with Gasteiger partial charge in [-0.15, -0.1) is 0 Å². The van der Waals surface area contributed by atoms with Crippen LogP contribution in [0.2, 0.25) is 0 Å². The van der Waals surface area contributed by atoms with Crippen molar-refractivity contribution in [3.63, 3.8) is 0 Å². The molecule has 1 heterocycles. The molecule has 0 aliphatic carbocycles. The minimum absolute atomic E-state index is 0.0512. The van der Waals surface area contributed by atoms with Gasteiger partial charge >= 0.3 is 0 Å². The van der Waals surface area contributed by atoms with Crippen molar-refractivity contribution in [2.75, 3.05) is 19.8 Å². The van der Waals surface area contributed by atoms with E-state index >= 15 is 0 Å². The lowest BCUT2D eigenvalue weighted by Gasteiger charge is -2.16. The number of hydrogen-bond donors (Lipinski definition) is 0. The minimum atomic E-state index is -0.220. The molecule has 0 N–H and O–H groups in total. The van der Waals surface area contributed by atoms with Gasteiger partial charge < -0.3 is 14.2 Å². The van der Waals surface area contributed by atoms with E-state index in [9.17, 15) is 0 Å². The van der Waals surface area contributed by atoms with E-state index in [0.717, 1.165) is 6.42 Å². The zero-order valence-electron chi connectivity index (χ0n) is 13.8. The van der Waals surface area contributed by atoms with E-state index < -0.39 is 0 Å². The fraction of sp³-hybridized carbons (Fsp3) is 0.579. The van der Waals surface area contributed by atoms with E-state index in [1.165, 1.54) is 30.4 Å². The van der Waals surface area contributed by atoms with Gasteiger partial charge in [-0.2, -0.15) is 0 Å². The topological polar surface area (TPSA) is 27.7 Å². The maximum absolute atomic E-state index is 6.01. The Bertz CT molecular complexity index is 441. The zero-order valence-corrected chi connectivity index (χ0v) is 13.8. The highest BCUT2D eigenvalue weighted by Crippen LogP contribution is 2.25. The molecule has 0 radical (unpaired) electrons. The fourth-order valence-electron chi connectivity index (χ4n) is 2.58. The molecule has 1 aromatic carbocycles. The zero-order chi connectivity index (χ0) is 15.6. The van der Waals surface area contributed by atoms with Crippen LogP contribution in [0.4, 0.5) is 0 Å². The van der Waals surface area contributed by atoms with Gasteiger partial charge in [0, 0.05) is 6.61 Å². The van der Waals surface area contributed by atoms with Gasteiger partial charge in [0.05, 0.1) is 13.2 Å². The molecule has 1 saturated heterocycles. The first kappa shape index (κ1) is 17.2. The number of benzene rings is 1. The predicted octanol–water partition coefficient (Wildman–Crippen LogP) is 4.43. The van der Waals surface area contributed by atoms with Gasteiger partial charge in [0.15, 0.2) is 6.29 Å². The average molecular weight is 304 g/mol. The molecular formula is C19H28O3. The Balaban J connectivity index is 2.00. The van der Waals surface area contributed by atoms with Crippen molar-refractivity contribution >= 4 is 6.08 Å². The van der Waals surface area contributed by atoms with Crippen molar-refractivity contribution in [1.29, 1.82) is 0 Å². The number of ether oxygens (including phenoxy) is 3. The minimum Gasteiger partial charge on any atom is -0.379 e. The Hall–Kier alpha value is -1.16. The maximum Gasteiger partial charge on any atom is 0.180 e. The van der Waals surface area contributed by atoms with Crippen molar-refractivity contribution in [2.45, 2.75) is 51.9 Å². The van der Waals surface area contributed by atoms with E-state index in [-0.39, 0.29) is 12.4 Å². The number of rotatable bonds is 9. The summed E-state index contributed by atoms with van der Waals surface area (Å²) in [6.07, 6.45) is 6.70. The van der Waals surface area contributed by atoms with Crippen molar-refractivity contribution < 1.29 is 14.2 Å². The van der Waals surface area contributed by atoms with E-state index in [0.29, 0.717) is 19.8 Å². The molecule has 2 rings (SSSR count). The van der Waals surface area contributed by atoms with Gasteiger partial charge in [-0.25, -0.2) is 0 Å². The van der Waals surface area contributed by atoms with Crippen LogP contribution >= 0.6 is 0 Å². The summed E-state index contributed by atoms with van der Waals surface area (Å²) < 4.78 is 17.3. The summed E-state index contributed by atoms with van der Waals surface area (Å²) in [5.74, 6) is 0. The summed E-state index contributed by atoms with van der Waals surface area (Å²) in [6.45, 7) is 6.17. The molecule has 0 saturated carbocycles. The van der Waals surface area contributed by atoms with Crippen molar-refractivity contribution in [1.82, 2.24) is 0 Å².